The van der Waals surface area contributed by atoms with Crippen molar-refractivity contribution < 1.29 is 0 Å². The van der Waals surface area contributed by atoms with Gasteiger partial charge in [-0.3, -0.25) is 9.38 Å². The van der Waals surface area contributed by atoms with Crippen LogP contribution in [0.1, 0.15) is 48.3 Å². The molecule has 0 unspecified atom stereocenters. The average Bonchev–Trinajstić information content (AvgIpc) is 3.19. The number of nitrogens with zero attached hydrogens (tertiary/aromatic N) is 5. The molecule has 1 N–H and O–H groups in total. The van der Waals surface area contributed by atoms with Gasteiger partial charge in [-0.05, 0) is 57.0 Å². The van der Waals surface area contributed by atoms with Gasteiger partial charge in [-0.1, -0.05) is 12.1 Å². The minimum atomic E-state index is 0.274. The Balaban J connectivity index is 1.42. The van der Waals surface area contributed by atoms with E-state index in [1.165, 1.54) is 23.5 Å². The number of hydrogen-bond acceptors (Lipinski definition) is 5. The third kappa shape index (κ3) is 3.63. The summed E-state index contributed by atoms with van der Waals surface area (Å²) in [6.07, 6.45) is 7.59. The van der Waals surface area contributed by atoms with Crippen LogP contribution >= 0.6 is 0 Å². The van der Waals surface area contributed by atoms with E-state index in [0.717, 1.165) is 50.4 Å². The molecule has 0 amide bonds. The maximum absolute atomic E-state index is 5.00. The number of piperazine rings is 1. The fourth-order valence-corrected chi connectivity index (χ4v) is 4.72. The maximum atomic E-state index is 5.00. The smallest absolute Gasteiger partial charge is 0.138 e. The molecule has 2 saturated heterocycles. The van der Waals surface area contributed by atoms with E-state index in [9.17, 15) is 0 Å². The third-order valence-electron chi connectivity index (χ3n) is 6.44. The first kappa shape index (κ1) is 18.6. The van der Waals surface area contributed by atoms with E-state index in [-0.39, 0.29) is 6.04 Å². The molecule has 2 fully saturated rings. The summed E-state index contributed by atoms with van der Waals surface area (Å²) in [5.41, 5.74) is 4.62. The van der Waals surface area contributed by atoms with E-state index < -0.39 is 0 Å². The largest absolute Gasteiger partial charge is 0.355 e. The van der Waals surface area contributed by atoms with Crippen molar-refractivity contribution in [3.63, 3.8) is 0 Å². The number of rotatable bonds is 3. The molecule has 5 rings (SSSR count). The summed E-state index contributed by atoms with van der Waals surface area (Å²) in [5, 5.41) is 3.83. The number of hydrogen-bond donors (Lipinski definition) is 1. The molecule has 2 atom stereocenters. The van der Waals surface area contributed by atoms with E-state index >= 15 is 0 Å². The molecule has 5 heterocycles. The zero-order valence-corrected chi connectivity index (χ0v) is 17.4. The molecule has 0 saturated carbocycles. The Morgan fingerprint density at radius 1 is 1.00 bits per heavy atom. The zero-order chi connectivity index (χ0) is 19.8. The van der Waals surface area contributed by atoms with Gasteiger partial charge in [0, 0.05) is 38.6 Å². The van der Waals surface area contributed by atoms with Gasteiger partial charge in [0.15, 0.2) is 0 Å². The van der Waals surface area contributed by atoms with Crippen LogP contribution in [0.5, 0.6) is 0 Å². The van der Waals surface area contributed by atoms with Gasteiger partial charge in [0.25, 0.3) is 0 Å². The van der Waals surface area contributed by atoms with Crippen LogP contribution in [-0.2, 0) is 0 Å². The highest BCUT2D eigenvalue weighted by molar-refractivity contribution is 5.53. The molecule has 29 heavy (non-hydrogen) atoms. The molecule has 0 bridgehead atoms. The quantitative estimate of drug-likeness (QED) is 0.743. The number of imidazole rings is 1. The van der Waals surface area contributed by atoms with Crippen molar-refractivity contribution in [2.45, 2.75) is 38.3 Å². The zero-order valence-electron chi connectivity index (χ0n) is 17.4. The number of aryl methyl sites for hydroxylation is 1. The van der Waals surface area contributed by atoms with Crippen molar-refractivity contribution >= 4 is 11.5 Å². The molecule has 3 aromatic heterocycles. The number of pyridine rings is 2. The molecular formula is C23H30N6. The Labute approximate surface area is 172 Å². The summed E-state index contributed by atoms with van der Waals surface area (Å²) >= 11 is 0. The van der Waals surface area contributed by atoms with Gasteiger partial charge in [-0.2, -0.15) is 0 Å². The standard InChI is InChI=1S/C23H30N6/c1-17-6-5-11-24-23(17)19-8-3-7-18(25-19)20-16-29-21(26-20)9-4-10-22(29)28-14-12-27(2)13-15-28/h4-6,9-11,16,18-19,25H,3,7-8,12-15H2,1-2H3/t18-,19+/m0/s1. The van der Waals surface area contributed by atoms with Gasteiger partial charge >= 0.3 is 0 Å². The molecule has 0 aliphatic carbocycles. The Morgan fingerprint density at radius 3 is 2.66 bits per heavy atom. The van der Waals surface area contributed by atoms with Crippen molar-refractivity contribution in [1.82, 2.24) is 24.6 Å². The first-order valence-corrected chi connectivity index (χ1v) is 10.8. The number of aromatic nitrogens is 3. The first-order valence-electron chi connectivity index (χ1n) is 10.8. The molecule has 6 heteroatoms. The van der Waals surface area contributed by atoms with Crippen LogP contribution in [0.3, 0.4) is 0 Å². The fraction of sp³-hybridized carbons (Fsp3) is 0.478. The van der Waals surface area contributed by atoms with Gasteiger partial charge in [-0.25, -0.2) is 4.98 Å². The Bertz CT molecular complexity index is 988. The lowest BCUT2D eigenvalue weighted by molar-refractivity contribution is 0.311. The van der Waals surface area contributed by atoms with E-state index in [2.05, 4.69) is 68.9 Å². The maximum Gasteiger partial charge on any atom is 0.138 e. The van der Waals surface area contributed by atoms with Crippen molar-refractivity contribution in [2.75, 3.05) is 38.1 Å². The van der Waals surface area contributed by atoms with E-state index in [4.69, 9.17) is 4.98 Å². The van der Waals surface area contributed by atoms with Crippen LogP contribution in [0.4, 0.5) is 5.82 Å². The number of piperidine rings is 1. The second kappa shape index (κ2) is 7.76. The monoisotopic (exact) mass is 390 g/mol. The summed E-state index contributed by atoms with van der Waals surface area (Å²) in [7, 11) is 2.20. The van der Waals surface area contributed by atoms with Crippen LogP contribution < -0.4 is 10.2 Å². The second-order valence-electron chi connectivity index (χ2n) is 8.48. The molecule has 0 spiro atoms. The number of likely N-dealkylation sites (N-methyl/N-ethyl adjacent to an activating group) is 1. The highest BCUT2D eigenvalue weighted by Crippen LogP contribution is 2.33. The molecule has 2 aliphatic heterocycles. The van der Waals surface area contributed by atoms with Crippen LogP contribution in [0.25, 0.3) is 5.65 Å². The van der Waals surface area contributed by atoms with E-state index in [0.29, 0.717) is 6.04 Å². The predicted octanol–water partition coefficient (Wildman–Crippen LogP) is 3.35. The molecule has 152 valence electrons. The fourth-order valence-electron chi connectivity index (χ4n) is 4.72. The first-order chi connectivity index (χ1) is 14.2. The Morgan fingerprint density at radius 2 is 1.83 bits per heavy atom. The van der Waals surface area contributed by atoms with Gasteiger partial charge in [0.1, 0.15) is 11.5 Å². The van der Waals surface area contributed by atoms with Gasteiger partial charge in [0.2, 0.25) is 0 Å². The topological polar surface area (TPSA) is 48.7 Å². The summed E-state index contributed by atoms with van der Waals surface area (Å²) < 4.78 is 2.28. The lowest BCUT2D eigenvalue weighted by Gasteiger charge is -2.34. The summed E-state index contributed by atoms with van der Waals surface area (Å²) in [4.78, 5) is 14.5. The predicted molar refractivity (Wildman–Crippen MR) is 116 cm³/mol. The van der Waals surface area contributed by atoms with Gasteiger partial charge in [-0.15, -0.1) is 0 Å². The lowest BCUT2D eigenvalue weighted by atomic mass is 9.93. The SMILES string of the molecule is Cc1cccnc1[C@H]1CCC[C@@H](c2cn3c(N4CCN(C)CC4)cccc3n2)N1. The number of nitrogens with one attached hydrogen (secondary N) is 1. The average molecular weight is 391 g/mol. The lowest BCUT2D eigenvalue weighted by Crippen LogP contribution is -2.45. The van der Waals surface area contributed by atoms with Gasteiger partial charge < -0.3 is 15.1 Å². The molecule has 0 radical (unpaired) electrons. The molecule has 3 aromatic rings. The van der Waals surface area contributed by atoms with Crippen molar-refractivity contribution in [3.05, 3.63) is 59.7 Å². The molecule has 6 nitrogen and oxygen atoms in total. The van der Waals surface area contributed by atoms with Crippen LogP contribution in [0, 0.1) is 6.92 Å². The number of anilines is 1. The molecule has 0 aromatic carbocycles. The Hall–Kier alpha value is -2.44. The van der Waals surface area contributed by atoms with Crippen molar-refractivity contribution in [1.29, 1.82) is 0 Å². The van der Waals surface area contributed by atoms with Crippen LogP contribution in [0.2, 0.25) is 0 Å². The van der Waals surface area contributed by atoms with E-state index in [1.807, 2.05) is 12.3 Å². The molecular weight excluding hydrogens is 360 g/mol. The Kier molecular flexibility index (Phi) is 4.97. The summed E-state index contributed by atoms with van der Waals surface area (Å²) in [6.45, 7) is 6.49. The van der Waals surface area contributed by atoms with Crippen molar-refractivity contribution in [2.24, 2.45) is 0 Å². The summed E-state index contributed by atoms with van der Waals surface area (Å²) in [5.74, 6) is 1.25. The number of fused-ring (bicyclic) bond motifs is 1. The highest BCUT2D eigenvalue weighted by Gasteiger charge is 2.27. The minimum Gasteiger partial charge on any atom is -0.355 e. The molecule has 2 aliphatic rings. The van der Waals surface area contributed by atoms with Crippen LogP contribution in [-0.4, -0.2) is 52.5 Å². The third-order valence-corrected chi connectivity index (χ3v) is 6.44. The second-order valence-corrected chi connectivity index (χ2v) is 8.48. The van der Waals surface area contributed by atoms with E-state index in [1.54, 1.807) is 0 Å². The van der Waals surface area contributed by atoms with Crippen molar-refractivity contribution in [3.8, 4) is 0 Å². The minimum absolute atomic E-state index is 0.274. The van der Waals surface area contributed by atoms with Crippen LogP contribution in [0.15, 0.2) is 42.7 Å². The van der Waals surface area contributed by atoms with Gasteiger partial charge in [0.05, 0.1) is 23.5 Å². The normalized spacial score (nSPS) is 23.6. The highest BCUT2D eigenvalue weighted by atomic mass is 15.3. The summed E-state index contributed by atoms with van der Waals surface area (Å²) in [6, 6.07) is 11.2.